The Labute approximate surface area is 290 Å². The van der Waals surface area contributed by atoms with Crippen LogP contribution in [0.4, 0.5) is 0 Å². The third-order valence-electron chi connectivity index (χ3n) is 9.17. The number of para-hydroxylation sites is 1. The van der Waals surface area contributed by atoms with Gasteiger partial charge in [0, 0.05) is 33.8 Å². The molecule has 2 heterocycles. The smallest absolute Gasteiger partial charge is 0.164 e. The van der Waals surface area contributed by atoms with E-state index in [1.807, 2.05) is 72.9 Å². The summed E-state index contributed by atoms with van der Waals surface area (Å²) < 4.78 is 0. The molecule has 0 aliphatic rings. The molecule has 0 aliphatic heterocycles. The van der Waals surface area contributed by atoms with Gasteiger partial charge in [-0.2, -0.15) is 0 Å². The van der Waals surface area contributed by atoms with Crippen LogP contribution in [-0.2, 0) is 0 Å². The first-order valence-corrected chi connectivity index (χ1v) is 16.7. The van der Waals surface area contributed by atoms with Gasteiger partial charge in [0.1, 0.15) is 0 Å². The summed E-state index contributed by atoms with van der Waals surface area (Å²) in [6.45, 7) is 0. The lowest BCUT2D eigenvalue weighted by molar-refractivity contribution is 1.07. The van der Waals surface area contributed by atoms with Crippen molar-refractivity contribution in [3.63, 3.8) is 0 Å². The van der Waals surface area contributed by atoms with Gasteiger partial charge in [0.15, 0.2) is 17.5 Å². The number of hydrogen-bond donors (Lipinski definition) is 0. The summed E-state index contributed by atoms with van der Waals surface area (Å²) in [6.07, 6.45) is 1.86. The highest BCUT2D eigenvalue weighted by Crippen LogP contribution is 2.38. The van der Waals surface area contributed by atoms with E-state index in [9.17, 15) is 0 Å². The minimum Gasteiger partial charge on any atom is -0.256 e. The molecule has 4 heteroatoms. The topological polar surface area (TPSA) is 51.6 Å². The zero-order valence-electron chi connectivity index (χ0n) is 27.1. The number of nitrogens with zero attached hydrogens (tertiary/aromatic N) is 4. The molecular weight excluding hydrogens is 609 g/mol. The summed E-state index contributed by atoms with van der Waals surface area (Å²) in [5.41, 5.74) is 10.7. The van der Waals surface area contributed by atoms with Gasteiger partial charge >= 0.3 is 0 Å². The van der Waals surface area contributed by atoms with Gasteiger partial charge < -0.3 is 0 Å². The molecule has 9 aromatic rings. The summed E-state index contributed by atoms with van der Waals surface area (Å²) in [4.78, 5) is 19.5. The largest absolute Gasteiger partial charge is 0.256 e. The van der Waals surface area contributed by atoms with Crippen LogP contribution >= 0.6 is 0 Å². The van der Waals surface area contributed by atoms with Crippen molar-refractivity contribution in [2.24, 2.45) is 0 Å². The minimum atomic E-state index is 0.639. The van der Waals surface area contributed by atoms with Crippen LogP contribution in [0, 0.1) is 0 Å². The van der Waals surface area contributed by atoms with Gasteiger partial charge in [-0.1, -0.05) is 158 Å². The Morgan fingerprint density at radius 2 is 0.740 bits per heavy atom. The number of benzene rings is 7. The Kier molecular flexibility index (Phi) is 7.45. The zero-order valence-corrected chi connectivity index (χ0v) is 27.1. The lowest BCUT2D eigenvalue weighted by atomic mass is 9.90. The Bertz CT molecular complexity index is 2590. The SMILES string of the molecule is c1ccc(-c2nc(-c3ccccc3)nc(-c3cccc(-c4ccc(-c5cccc(-c6cccc7cccnc67)c5)c5ccccc45)c3)n2)cc1. The van der Waals surface area contributed by atoms with Crippen molar-refractivity contribution >= 4 is 21.7 Å². The minimum absolute atomic E-state index is 0.639. The normalized spacial score (nSPS) is 11.2. The maximum atomic E-state index is 4.98. The van der Waals surface area contributed by atoms with Crippen molar-refractivity contribution in [2.75, 3.05) is 0 Å². The summed E-state index contributed by atoms with van der Waals surface area (Å²) >= 11 is 0. The van der Waals surface area contributed by atoms with Crippen LogP contribution in [0.15, 0.2) is 182 Å². The van der Waals surface area contributed by atoms with E-state index >= 15 is 0 Å². The summed E-state index contributed by atoms with van der Waals surface area (Å²) in [6, 6.07) is 61.1. The number of rotatable bonds is 6. The third kappa shape index (κ3) is 5.49. The average Bonchev–Trinajstić information content (AvgIpc) is 3.21. The van der Waals surface area contributed by atoms with Gasteiger partial charge in [0.2, 0.25) is 0 Å². The molecule has 7 aromatic carbocycles. The highest BCUT2D eigenvalue weighted by atomic mass is 15.0. The monoisotopic (exact) mass is 638 g/mol. The Hall–Kier alpha value is -6.78. The molecule has 4 nitrogen and oxygen atoms in total. The van der Waals surface area contributed by atoms with E-state index in [0.29, 0.717) is 17.5 Å². The Morgan fingerprint density at radius 1 is 0.300 bits per heavy atom. The highest BCUT2D eigenvalue weighted by molar-refractivity contribution is 6.05. The first-order chi connectivity index (χ1) is 24.8. The fraction of sp³-hybridized carbons (Fsp3) is 0. The van der Waals surface area contributed by atoms with Crippen LogP contribution in [0.25, 0.3) is 89.2 Å². The summed E-state index contributed by atoms with van der Waals surface area (Å²) in [5.74, 6) is 1.94. The lowest BCUT2D eigenvalue weighted by Crippen LogP contribution is -2.00. The summed E-state index contributed by atoms with van der Waals surface area (Å²) in [7, 11) is 0. The predicted octanol–water partition coefficient (Wildman–Crippen LogP) is 11.6. The second kappa shape index (κ2) is 12.7. The van der Waals surface area contributed by atoms with Crippen molar-refractivity contribution in [1.82, 2.24) is 19.9 Å². The van der Waals surface area contributed by atoms with Gasteiger partial charge in [-0.05, 0) is 56.8 Å². The van der Waals surface area contributed by atoms with Crippen molar-refractivity contribution in [3.05, 3.63) is 182 Å². The molecule has 0 saturated carbocycles. The average molecular weight is 639 g/mol. The molecule has 0 unspecified atom stereocenters. The van der Waals surface area contributed by atoms with E-state index in [2.05, 4.69) is 109 Å². The molecule has 0 aliphatic carbocycles. The number of pyridine rings is 1. The second-order valence-corrected chi connectivity index (χ2v) is 12.3. The van der Waals surface area contributed by atoms with E-state index in [0.717, 1.165) is 49.8 Å². The van der Waals surface area contributed by atoms with Crippen molar-refractivity contribution in [3.8, 4) is 67.5 Å². The van der Waals surface area contributed by atoms with Crippen LogP contribution in [0.1, 0.15) is 0 Å². The lowest BCUT2D eigenvalue weighted by Gasteiger charge is -2.14. The highest BCUT2D eigenvalue weighted by Gasteiger charge is 2.15. The zero-order chi connectivity index (χ0) is 33.3. The molecule has 0 fully saturated rings. The molecule has 0 N–H and O–H groups in total. The molecular formula is C46H30N4. The van der Waals surface area contributed by atoms with Crippen molar-refractivity contribution < 1.29 is 0 Å². The molecule has 0 spiro atoms. The van der Waals surface area contributed by atoms with Crippen LogP contribution in [0.2, 0.25) is 0 Å². The molecule has 0 saturated heterocycles. The van der Waals surface area contributed by atoms with Gasteiger partial charge in [-0.3, -0.25) is 4.98 Å². The number of aromatic nitrogens is 4. The second-order valence-electron chi connectivity index (χ2n) is 12.3. The van der Waals surface area contributed by atoms with Crippen molar-refractivity contribution in [2.45, 2.75) is 0 Å². The molecule has 50 heavy (non-hydrogen) atoms. The van der Waals surface area contributed by atoms with Gasteiger partial charge in [-0.25, -0.2) is 15.0 Å². The van der Waals surface area contributed by atoms with Crippen LogP contribution in [0.5, 0.6) is 0 Å². The maximum absolute atomic E-state index is 4.98. The van der Waals surface area contributed by atoms with Crippen LogP contribution in [-0.4, -0.2) is 19.9 Å². The first-order valence-electron chi connectivity index (χ1n) is 16.7. The maximum Gasteiger partial charge on any atom is 0.164 e. The number of fused-ring (bicyclic) bond motifs is 2. The van der Waals surface area contributed by atoms with E-state index in [4.69, 9.17) is 19.9 Å². The standard InChI is InChI=1S/C46H30N4/c1-3-13-32(14-4-1)44-48-45(33-15-5-2-6-16-33)50-46(49-44)37-21-10-19-35(30-37)39-27-26-38(41-23-7-8-24-42(39)41)34-18-9-20-36(29-34)40-25-11-17-31-22-12-28-47-43(31)40/h1-30H. The van der Waals surface area contributed by atoms with E-state index in [1.165, 1.54) is 21.9 Å². The van der Waals surface area contributed by atoms with Crippen LogP contribution in [0.3, 0.4) is 0 Å². The van der Waals surface area contributed by atoms with E-state index in [1.54, 1.807) is 0 Å². The van der Waals surface area contributed by atoms with Gasteiger partial charge in [0.05, 0.1) is 5.52 Å². The Morgan fingerprint density at radius 3 is 1.34 bits per heavy atom. The van der Waals surface area contributed by atoms with Crippen LogP contribution < -0.4 is 0 Å². The molecule has 0 radical (unpaired) electrons. The molecule has 0 amide bonds. The van der Waals surface area contributed by atoms with Gasteiger partial charge in [-0.15, -0.1) is 0 Å². The fourth-order valence-corrected chi connectivity index (χ4v) is 6.76. The summed E-state index contributed by atoms with van der Waals surface area (Å²) in [5, 5.41) is 3.52. The quantitative estimate of drug-likeness (QED) is 0.182. The molecule has 2 aromatic heterocycles. The van der Waals surface area contributed by atoms with Gasteiger partial charge in [0.25, 0.3) is 0 Å². The molecule has 9 rings (SSSR count). The molecule has 0 atom stereocenters. The molecule has 0 bridgehead atoms. The number of hydrogen-bond acceptors (Lipinski definition) is 4. The molecule has 234 valence electrons. The first kappa shape index (κ1) is 29.4. The van der Waals surface area contributed by atoms with E-state index < -0.39 is 0 Å². The Balaban J connectivity index is 1.14. The predicted molar refractivity (Wildman–Crippen MR) is 205 cm³/mol. The van der Waals surface area contributed by atoms with Crippen molar-refractivity contribution in [1.29, 1.82) is 0 Å². The van der Waals surface area contributed by atoms with E-state index in [-0.39, 0.29) is 0 Å². The third-order valence-corrected chi connectivity index (χ3v) is 9.17. The fourth-order valence-electron chi connectivity index (χ4n) is 6.76.